The van der Waals surface area contributed by atoms with Crippen LogP contribution in [-0.2, 0) is 19.1 Å². The minimum absolute atomic E-state index is 0.0614. The molecule has 0 aromatic heterocycles. The van der Waals surface area contributed by atoms with Gasteiger partial charge in [-0.1, -0.05) is 0 Å². The van der Waals surface area contributed by atoms with Gasteiger partial charge in [0.25, 0.3) is 0 Å². The summed E-state index contributed by atoms with van der Waals surface area (Å²) < 4.78 is 9.02. The summed E-state index contributed by atoms with van der Waals surface area (Å²) in [7, 11) is 2.36. The SMILES string of the molecule is COC(=O)/C=C(\S/C(N)=N/N=C(\C)c1ccc(O)cc1)C(=O)OC. The Morgan fingerprint density at radius 2 is 1.79 bits per heavy atom. The lowest BCUT2D eigenvalue weighted by Crippen LogP contribution is -2.12. The second-order valence-corrected chi connectivity index (χ2v) is 5.36. The standard InChI is InChI=1S/C15H17N3O5S/c1-9(10-4-6-11(19)7-5-10)17-18-15(16)24-12(14(21)23-3)8-13(20)22-2/h4-8,19H,1-3H3,(H2,16,18)/b12-8-,17-9+. The lowest BCUT2D eigenvalue weighted by molar-refractivity contribution is -0.137. The lowest BCUT2D eigenvalue weighted by Gasteiger charge is -2.03. The maximum Gasteiger partial charge on any atom is 0.345 e. The summed E-state index contributed by atoms with van der Waals surface area (Å²) in [6.45, 7) is 1.71. The van der Waals surface area contributed by atoms with Crippen molar-refractivity contribution in [3.8, 4) is 5.75 Å². The Morgan fingerprint density at radius 1 is 1.17 bits per heavy atom. The first kappa shape index (κ1) is 19.2. The number of hydrogen-bond acceptors (Lipinski definition) is 8. The van der Waals surface area contributed by atoms with Crippen LogP contribution in [-0.4, -0.2) is 42.1 Å². The van der Waals surface area contributed by atoms with Gasteiger partial charge < -0.3 is 20.3 Å². The second kappa shape index (κ2) is 9.36. The van der Waals surface area contributed by atoms with Crippen molar-refractivity contribution in [3.63, 3.8) is 0 Å². The summed E-state index contributed by atoms with van der Waals surface area (Å²) in [6, 6.07) is 6.38. The highest BCUT2D eigenvalue weighted by molar-refractivity contribution is 8.17. The van der Waals surface area contributed by atoms with E-state index in [-0.39, 0.29) is 15.8 Å². The zero-order valence-corrected chi connectivity index (χ0v) is 14.2. The monoisotopic (exact) mass is 351 g/mol. The van der Waals surface area contributed by atoms with Gasteiger partial charge in [-0.3, -0.25) is 0 Å². The topological polar surface area (TPSA) is 124 Å². The number of hydrogen-bond donors (Lipinski definition) is 2. The number of amidine groups is 1. The number of thioether (sulfide) groups is 1. The molecule has 0 saturated carbocycles. The molecule has 0 saturated heterocycles. The number of methoxy groups -OCH3 is 2. The first-order chi connectivity index (χ1) is 11.4. The third-order valence-corrected chi connectivity index (χ3v) is 3.43. The zero-order valence-electron chi connectivity index (χ0n) is 13.3. The molecule has 0 fully saturated rings. The minimum Gasteiger partial charge on any atom is -0.508 e. The zero-order chi connectivity index (χ0) is 18.1. The van der Waals surface area contributed by atoms with Gasteiger partial charge in [-0.25, -0.2) is 9.59 Å². The van der Waals surface area contributed by atoms with Gasteiger partial charge in [0.2, 0.25) is 0 Å². The molecule has 0 bridgehead atoms. The summed E-state index contributed by atoms with van der Waals surface area (Å²) >= 11 is 0.727. The van der Waals surface area contributed by atoms with Crippen LogP contribution >= 0.6 is 11.8 Å². The number of rotatable bonds is 5. The maximum absolute atomic E-state index is 11.6. The van der Waals surface area contributed by atoms with Crippen LogP contribution in [0.1, 0.15) is 12.5 Å². The Bertz CT molecular complexity index is 696. The first-order valence-electron chi connectivity index (χ1n) is 6.60. The van der Waals surface area contributed by atoms with Gasteiger partial charge in [-0.15, -0.1) is 5.10 Å². The van der Waals surface area contributed by atoms with Gasteiger partial charge in [-0.2, -0.15) is 5.10 Å². The number of esters is 2. The van der Waals surface area contributed by atoms with Crippen LogP contribution in [0.25, 0.3) is 0 Å². The van der Waals surface area contributed by atoms with E-state index in [9.17, 15) is 14.7 Å². The fraction of sp³-hybridized carbons (Fsp3) is 0.200. The Labute approximate surface area is 143 Å². The molecule has 0 amide bonds. The highest BCUT2D eigenvalue weighted by atomic mass is 32.2. The number of nitrogens with two attached hydrogens (primary N) is 1. The van der Waals surface area contributed by atoms with Crippen molar-refractivity contribution in [1.82, 2.24) is 0 Å². The van der Waals surface area contributed by atoms with E-state index in [2.05, 4.69) is 19.7 Å². The molecule has 1 aromatic rings. The molecule has 8 nitrogen and oxygen atoms in total. The van der Waals surface area contributed by atoms with Crippen molar-refractivity contribution >= 4 is 34.6 Å². The smallest absolute Gasteiger partial charge is 0.345 e. The molecule has 0 heterocycles. The molecule has 0 aliphatic heterocycles. The van der Waals surface area contributed by atoms with Crippen LogP contribution in [0.15, 0.2) is 45.4 Å². The number of benzene rings is 1. The molecular formula is C15H17N3O5S. The largest absolute Gasteiger partial charge is 0.508 e. The Morgan fingerprint density at radius 3 is 2.33 bits per heavy atom. The lowest BCUT2D eigenvalue weighted by atomic mass is 10.1. The van der Waals surface area contributed by atoms with E-state index in [1.807, 2.05) is 0 Å². The van der Waals surface area contributed by atoms with Gasteiger partial charge in [0.15, 0.2) is 5.17 Å². The van der Waals surface area contributed by atoms with E-state index in [1.165, 1.54) is 26.4 Å². The molecule has 0 aliphatic rings. The van der Waals surface area contributed by atoms with Gasteiger partial charge in [0, 0.05) is 6.08 Å². The fourth-order valence-electron chi connectivity index (χ4n) is 1.41. The Hall–Kier alpha value is -2.81. The molecule has 0 aliphatic carbocycles. The van der Waals surface area contributed by atoms with Crippen molar-refractivity contribution in [2.24, 2.45) is 15.9 Å². The van der Waals surface area contributed by atoms with Crippen molar-refractivity contribution < 1.29 is 24.2 Å². The molecule has 9 heteroatoms. The number of nitrogens with zero attached hydrogens (tertiary/aromatic N) is 2. The second-order valence-electron chi connectivity index (χ2n) is 4.30. The number of ether oxygens (including phenoxy) is 2. The van der Waals surface area contributed by atoms with Crippen LogP contribution in [0.3, 0.4) is 0 Å². The number of phenolic OH excluding ortho intramolecular Hbond substituents is 1. The van der Waals surface area contributed by atoms with Crippen LogP contribution in [0.2, 0.25) is 0 Å². The van der Waals surface area contributed by atoms with Crippen molar-refractivity contribution in [2.75, 3.05) is 14.2 Å². The molecule has 0 spiro atoms. The first-order valence-corrected chi connectivity index (χ1v) is 7.42. The molecule has 128 valence electrons. The number of carbonyl (C=O) groups excluding carboxylic acids is 2. The van der Waals surface area contributed by atoms with E-state index >= 15 is 0 Å². The molecule has 0 atom stereocenters. The molecule has 1 aromatic carbocycles. The predicted octanol–water partition coefficient (Wildman–Crippen LogP) is 1.39. The molecule has 24 heavy (non-hydrogen) atoms. The van der Waals surface area contributed by atoms with Crippen molar-refractivity contribution in [2.45, 2.75) is 6.92 Å². The molecule has 1 rings (SSSR count). The van der Waals surface area contributed by atoms with Crippen molar-refractivity contribution in [3.05, 3.63) is 40.8 Å². The highest BCUT2D eigenvalue weighted by Gasteiger charge is 2.15. The summed E-state index contributed by atoms with van der Waals surface area (Å²) in [6.07, 6.45) is 0.954. The quantitative estimate of drug-likeness (QED) is 0.270. The third kappa shape index (κ3) is 6.13. The van der Waals surface area contributed by atoms with E-state index in [0.29, 0.717) is 5.71 Å². The summed E-state index contributed by atoms with van der Waals surface area (Å²) in [5.74, 6) is -1.33. The predicted molar refractivity (Wildman–Crippen MR) is 91.6 cm³/mol. The van der Waals surface area contributed by atoms with E-state index < -0.39 is 11.9 Å². The average Bonchev–Trinajstić information content (AvgIpc) is 2.58. The maximum atomic E-state index is 11.6. The third-order valence-electron chi connectivity index (χ3n) is 2.63. The van der Waals surface area contributed by atoms with Gasteiger partial charge in [0.1, 0.15) is 10.7 Å². The van der Waals surface area contributed by atoms with Crippen LogP contribution in [0.4, 0.5) is 0 Å². The van der Waals surface area contributed by atoms with Crippen molar-refractivity contribution in [1.29, 1.82) is 0 Å². The van der Waals surface area contributed by atoms with Gasteiger partial charge >= 0.3 is 11.9 Å². The van der Waals surface area contributed by atoms with E-state index in [0.717, 1.165) is 23.4 Å². The summed E-state index contributed by atoms with van der Waals surface area (Å²) in [5, 5.41) is 16.9. The molecule has 0 radical (unpaired) electrons. The summed E-state index contributed by atoms with van der Waals surface area (Å²) in [4.78, 5) is 22.8. The molecule has 3 N–H and O–H groups in total. The van der Waals surface area contributed by atoms with Crippen LogP contribution in [0.5, 0.6) is 5.75 Å². The number of aromatic hydroxyl groups is 1. The Kier molecular flexibility index (Phi) is 7.50. The minimum atomic E-state index is -0.747. The molecular weight excluding hydrogens is 334 g/mol. The number of carbonyl (C=O) groups is 2. The van der Waals surface area contributed by atoms with E-state index in [1.54, 1.807) is 19.1 Å². The fourth-order valence-corrected chi connectivity index (χ4v) is 2.04. The average molecular weight is 351 g/mol. The normalized spacial score (nSPS) is 12.7. The summed E-state index contributed by atoms with van der Waals surface area (Å²) in [5.41, 5.74) is 6.99. The van der Waals surface area contributed by atoms with Gasteiger partial charge in [-0.05, 0) is 48.5 Å². The Balaban J connectivity index is 2.92. The highest BCUT2D eigenvalue weighted by Crippen LogP contribution is 2.18. The number of phenols is 1. The van der Waals surface area contributed by atoms with E-state index in [4.69, 9.17) is 5.73 Å². The van der Waals surface area contributed by atoms with Gasteiger partial charge in [0.05, 0.1) is 19.9 Å². The van der Waals surface area contributed by atoms with Crippen LogP contribution < -0.4 is 5.73 Å². The van der Waals surface area contributed by atoms with Crippen LogP contribution in [0, 0.1) is 0 Å². The molecule has 0 unspecified atom stereocenters.